The fourth-order valence-corrected chi connectivity index (χ4v) is 4.13. The number of hydrogen-bond donors (Lipinski definition) is 7. The van der Waals surface area contributed by atoms with Gasteiger partial charge in [0.2, 0.25) is 12.0 Å². The highest BCUT2D eigenvalue weighted by Gasteiger charge is 2.59. The molecule has 1 aliphatic rings. The van der Waals surface area contributed by atoms with Crippen molar-refractivity contribution in [3.05, 3.63) is 52.1 Å². The number of amides is 3. The maximum atomic E-state index is 12.7. The highest BCUT2D eigenvalue weighted by atomic mass is 16.6. The summed E-state index contributed by atoms with van der Waals surface area (Å²) in [5, 5.41) is 34.8. The van der Waals surface area contributed by atoms with E-state index in [4.69, 9.17) is 5.73 Å². The Kier molecular flexibility index (Phi) is 7.51. The Balaban J connectivity index is 1.42. The number of hydroxylamine groups is 3. The van der Waals surface area contributed by atoms with Crippen molar-refractivity contribution in [1.82, 2.24) is 25.3 Å². The fourth-order valence-electron chi connectivity index (χ4n) is 4.13. The molecule has 17 heteroatoms. The Morgan fingerprint density at radius 1 is 1.02 bits per heavy atom. The van der Waals surface area contributed by atoms with Crippen LogP contribution in [0.2, 0.25) is 0 Å². The molecule has 0 radical (unpaired) electrons. The molecule has 2 aromatic heterocycles. The minimum atomic E-state index is -2.13. The summed E-state index contributed by atoms with van der Waals surface area (Å²) in [6.07, 6.45) is -0.299. The number of imide groups is 1. The molecule has 1 aromatic carbocycles. The second-order valence-electron chi connectivity index (χ2n) is 8.84. The minimum absolute atomic E-state index is 0.00576. The van der Waals surface area contributed by atoms with Crippen LogP contribution < -0.4 is 21.9 Å². The van der Waals surface area contributed by atoms with Gasteiger partial charge in [-0.15, -0.1) is 0 Å². The van der Waals surface area contributed by atoms with Gasteiger partial charge in [-0.1, -0.05) is 0 Å². The molecular formula is C23H23N8O9+. The average molecular weight is 555 g/mol. The van der Waals surface area contributed by atoms with Crippen LogP contribution in [0.5, 0.6) is 0 Å². The Morgan fingerprint density at radius 3 is 2.27 bits per heavy atom. The molecule has 40 heavy (non-hydrogen) atoms. The van der Waals surface area contributed by atoms with Crippen molar-refractivity contribution in [2.75, 3.05) is 11.1 Å². The Labute approximate surface area is 223 Å². The molecule has 208 valence electrons. The molecule has 0 saturated carbocycles. The molecule has 8 N–H and O–H groups in total. The van der Waals surface area contributed by atoms with Crippen LogP contribution in [0.4, 0.5) is 11.6 Å². The van der Waals surface area contributed by atoms with Crippen molar-refractivity contribution < 1.29 is 44.0 Å². The second-order valence-corrected chi connectivity index (χ2v) is 8.84. The van der Waals surface area contributed by atoms with Gasteiger partial charge in [0.1, 0.15) is 6.04 Å². The van der Waals surface area contributed by atoms with Crippen LogP contribution in [0.15, 0.2) is 35.3 Å². The number of nitrogens with two attached hydrogens (primary N) is 1. The zero-order valence-corrected chi connectivity index (χ0v) is 20.5. The Bertz CT molecular complexity index is 1570. The molecule has 2 unspecified atom stereocenters. The van der Waals surface area contributed by atoms with Gasteiger partial charge in [0.05, 0.1) is 31.3 Å². The molecule has 3 heterocycles. The smallest absolute Gasteiger partial charge is 0.366 e. The van der Waals surface area contributed by atoms with E-state index < -0.39 is 58.4 Å². The lowest BCUT2D eigenvalue weighted by molar-refractivity contribution is -0.984. The average Bonchev–Trinajstić information content (AvgIpc) is 3.17. The maximum absolute atomic E-state index is 12.7. The van der Waals surface area contributed by atoms with E-state index in [-0.39, 0.29) is 42.1 Å². The van der Waals surface area contributed by atoms with Gasteiger partial charge in [-0.05, 0) is 28.9 Å². The second kappa shape index (κ2) is 10.8. The number of nitrogens with zero attached hydrogens (tertiary/aromatic N) is 4. The van der Waals surface area contributed by atoms with E-state index in [1.807, 2.05) is 0 Å². The number of carbonyl (C=O) groups excluding carboxylic acids is 3. The molecule has 0 bridgehead atoms. The Hall–Kier alpha value is -5.29. The third-order valence-corrected chi connectivity index (χ3v) is 6.22. The standard InChI is InChI=1S/C23H22N8O9/c24-23-29-18-17(20(35)30-23)27-12(9-26-18)8-25-11-3-1-10(2-4-11)19(34)28-13(21(36)37)7-14(22(38)39)31(40)15(32)5-6-16(31)33/h1-4,9,13-14,40H,5-8H2,(H6-,24,25,26,28,29,30,34,35,36,37,38,39)/p+1. The third kappa shape index (κ3) is 5.45. The highest BCUT2D eigenvalue weighted by Crippen LogP contribution is 2.27. The van der Waals surface area contributed by atoms with Gasteiger partial charge in [-0.3, -0.25) is 14.6 Å². The lowest BCUT2D eigenvalue weighted by Gasteiger charge is -2.28. The Morgan fingerprint density at radius 2 is 1.68 bits per heavy atom. The van der Waals surface area contributed by atoms with E-state index in [1.165, 1.54) is 30.5 Å². The predicted molar refractivity (Wildman–Crippen MR) is 132 cm³/mol. The predicted octanol–water partition coefficient (Wildman–Crippen LogP) is -1.01. The number of benzene rings is 1. The van der Waals surface area contributed by atoms with Crippen molar-refractivity contribution in [1.29, 1.82) is 0 Å². The van der Waals surface area contributed by atoms with Crippen molar-refractivity contribution in [2.24, 2.45) is 0 Å². The number of carbonyl (C=O) groups is 5. The third-order valence-electron chi connectivity index (χ3n) is 6.22. The first kappa shape index (κ1) is 27.7. The number of carboxylic acid groups (broad SMARTS) is 2. The number of anilines is 2. The van der Waals surface area contributed by atoms with E-state index >= 15 is 0 Å². The minimum Gasteiger partial charge on any atom is -0.480 e. The number of nitrogen functional groups attached to an aromatic ring is 1. The molecule has 0 spiro atoms. The van der Waals surface area contributed by atoms with Crippen LogP contribution in [-0.4, -0.2) is 81.7 Å². The number of rotatable bonds is 10. The largest absolute Gasteiger partial charge is 0.480 e. The fraction of sp³-hybridized carbons (Fsp3) is 0.261. The zero-order chi connectivity index (χ0) is 29.2. The zero-order valence-electron chi connectivity index (χ0n) is 20.5. The van der Waals surface area contributed by atoms with Gasteiger partial charge >= 0.3 is 23.8 Å². The van der Waals surface area contributed by atoms with Gasteiger partial charge in [-0.2, -0.15) is 4.98 Å². The molecule has 3 amide bonds. The summed E-state index contributed by atoms with van der Waals surface area (Å²) in [4.78, 5) is 86.9. The molecule has 4 rings (SSSR count). The van der Waals surface area contributed by atoms with Gasteiger partial charge in [0.15, 0.2) is 11.2 Å². The number of likely N-dealkylation sites (tertiary alicyclic amines) is 1. The van der Waals surface area contributed by atoms with Crippen molar-refractivity contribution in [2.45, 2.75) is 37.9 Å². The normalized spacial score (nSPS) is 15.9. The summed E-state index contributed by atoms with van der Waals surface area (Å²) < 4.78 is -2.06. The van der Waals surface area contributed by atoms with Crippen molar-refractivity contribution in [3.8, 4) is 0 Å². The van der Waals surface area contributed by atoms with Gasteiger partial charge < -0.3 is 26.6 Å². The number of aliphatic carboxylic acids is 2. The topological polar surface area (TPSA) is 268 Å². The summed E-state index contributed by atoms with van der Waals surface area (Å²) in [6.45, 7) is 0.147. The molecule has 0 aliphatic carbocycles. The number of H-pyrrole nitrogens is 1. The summed E-state index contributed by atoms with van der Waals surface area (Å²) in [6, 6.07) is 1.77. The number of fused-ring (bicyclic) bond motifs is 1. The van der Waals surface area contributed by atoms with E-state index in [9.17, 15) is 44.2 Å². The molecule has 3 aromatic rings. The van der Waals surface area contributed by atoms with Crippen LogP contribution in [0.3, 0.4) is 0 Å². The first-order valence-electron chi connectivity index (χ1n) is 11.7. The number of carboxylic acids is 2. The van der Waals surface area contributed by atoms with E-state index in [1.54, 1.807) is 0 Å². The van der Waals surface area contributed by atoms with Gasteiger partial charge in [-0.25, -0.2) is 34.4 Å². The van der Waals surface area contributed by atoms with Crippen molar-refractivity contribution >= 4 is 52.5 Å². The molecular weight excluding hydrogens is 532 g/mol. The molecule has 17 nitrogen and oxygen atoms in total. The lowest BCUT2D eigenvalue weighted by atomic mass is 10.0. The van der Waals surface area contributed by atoms with Crippen molar-refractivity contribution in [3.63, 3.8) is 0 Å². The van der Waals surface area contributed by atoms with Gasteiger partial charge in [0.25, 0.3) is 11.5 Å². The summed E-state index contributed by atoms with van der Waals surface area (Å²) in [7, 11) is 0. The van der Waals surface area contributed by atoms with E-state index in [0.717, 1.165) is 0 Å². The number of aromatic nitrogens is 4. The summed E-state index contributed by atoms with van der Waals surface area (Å²) >= 11 is 0. The SMILES string of the molecule is Nc1nc2ncc(CNc3ccc(C(=O)NC(CC(C(=O)O)[N+]4(O)C(=O)CCC4=O)C(=O)O)cc3)nc2c(=O)[nH]1. The van der Waals surface area contributed by atoms with E-state index in [0.29, 0.717) is 11.4 Å². The van der Waals surface area contributed by atoms with Crippen LogP contribution >= 0.6 is 0 Å². The molecule has 1 saturated heterocycles. The highest BCUT2D eigenvalue weighted by molar-refractivity contribution is 5.97. The summed E-state index contributed by atoms with van der Waals surface area (Å²) in [5.41, 5.74) is 5.98. The van der Waals surface area contributed by atoms with Crippen LogP contribution in [0.1, 0.15) is 35.3 Å². The summed E-state index contributed by atoms with van der Waals surface area (Å²) in [5.74, 6) is -6.51. The van der Waals surface area contributed by atoms with Crippen LogP contribution in [0.25, 0.3) is 11.2 Å². The molecule has 2 atom stereocenters. The quantitative estimate of drug-likeness (QED) is 0.0897. The number of aromatic amines is 1. The van der Waals surface area contributed by atoms with Crippen LogP contribution in [0, 0.1) is 0 Å². The number of hydrogen-bond acceptors (Lipinski definition) is 12. The molecule has 1 aliphatic heterocycles. The first-order valence-corrected chi connectivity index (χ1v) is 11.7. The number of quaternary nitrogens is 1. The maximum Gasteiger partial charge on any atom is 0.366 e. The van der Waals surface area contributed by atoms with Crippen LogP contribution in [-0.2, 0) is 25.7 Å². The van der Waals surface area contributed by atoms with Gasteiger partial charge in [0, 0.05) is 17.7 Å². The molecule has 1 fully saturated rings. The lowest BCUT2D eigenvalue weighted by Crippen LogP contribution is -2.62. The van der Waals surface area contributed by atoms with E-state index in [2.05, 4.69) is 30.6 Å². The monoisotopic (exact) mass is 555 g/mol. The first-order chi connectivity index (χ1) is 18.9. The number of nitrogens with one attached hydrogen (secondary N) is 3.